The second-order valence-electron chi connectivity index (χ2n) is 8.28. The van der Waals surface area contributed by atoms with E-state index in [4.69, 9.17) is 0 Å². The molecule has 1 aromatic rings. The first-order valence-electron chi connectivity index (χ1n) is 9.18. The van der Waals surface area contributed by atoms with Gasteiger partial charge in [-0.1, -0.05) is 30.3 Å². The molecule has 0 radical (unpaired) electrons. The minimum absolute atomic E-state index is 0.467. The monoisotopic (exact) mass is 296 g/mol. The normalized spacial score (nSPS) is 40.1. The summed E-state index contributed by atoms with van der Waals surface area (Å²) in [5.74, 6) is 1.19. The van der Waals surface area contributed by atoms with Crippen molar-refractivity contribution in [3.05, 3.63) is 35.9 Å². The molecule has 22 heavy (non-hydrogen) atoms. The highest BCUT2D eigenvalue weighted by Gasteiger charge is 2.84. The van der Waals surface area contributed by atoms with Gasteiger partial charge in [-0.05, 0) is 17.9 Å². The number of quaternary nitrogens is 1. The molecule has 1 aromatic carbocycles. The molecule has 2 heteroatoms. The zero-order valence-electron chi connectivity index (χ0n) is 13.3. The van der Waals surface area contributed by atoms with Gasteiger partial charge in [-0.15, -0.1) is 0 Å². The molecule has 0 N–H and O–H groups in total. The second-order valence-corrected chi connectivity index (χ2v) is 8.28. The van der Waals surface area contributed by atoms with Crippen molar-refractivity contribution in [1.82, 2.24) is 0 Å². The Hall–Kier alpha value is -1.15. The molecule has 4 atom stereocenters. The van der Waals surface area contributed by atoms with E-state index in [1.807, 2.05) is 18.2 Å². The van der Waals surface area contributed by atoms with Crippen LogP contribution >= 0.6 is 0 Å². The molecule has 2 heterocycles. The molecule has 2 saturated carbocycles. The lowest BCUT2D eigenvalue weighted by Gasteiger charge is -2.81. The highest BCUT2D eigenvalue weighted by atomic mass is 16.1. The molecule has 0 aromatic heterocycles. The minimum Gasteiger partial charge on any atom is -0.317 e. The molecular formula is C20H26NO+. The van der Waals surface area contributed by atoms with Crippen LogP contribution in [-0.2, 0) is 11.2 Å². The van der Waals surface area contributed by atoms with E-state index in [1.165, 1.54) is 55.2 Å². The van der Waals surface area contributed by atoms with Crippen LogP contribution in [0.2, 0.25) is 0 Å². The Labute approximate surface area is 133 Å². The highest BCUT2D eigenvalue weighted by molar-refractivity contribution is 5.81. The number of benzene rings is 1. The van der Waals surface area contributed by atoms with Crippen LogP contribution in [0.4, 0.5) is 0 Å². The van der Waals surface area contributed by atoms with Crippen molar-refractivity contribution in [3.8, 4) is 0 Å². The number of carbonyl (C=O) groups is 1. The highest BCUT2D eigenvalue weighted by Crippen LogP contribution is 2.75. The summed E-state index contributed by atoms with van der Waals surface area (Å²) in [5, 5.41) is 0. The largest absolute Gasteiger partial charge is 0.317 e. The predicted octanol–water partition coefficient (Wildman–Crippen LogP) is 3.35. The van der Waals surface area contributed by atoms with Gasteiger partial charge in [0.2, 0.25) is 0 Å². The van der Waals surface area contributed by atoms with E-state index in [9.17, 15) is 4.79 Å². The topological polar surface area (TPSA) is 17.1 Å². The lowest BCUT2D eigenvalue weighted by atomic mass is 9.36. The van der Waals surface area contributed by atoms with Gasteiger partial charge in [-0.25, -0.2) is 0 Å². The summed E-state index contributed by atoms with van der Waals surface area (Å²) in [4.78, 5) is 12.5. The number of hydrogen-bond donors (Lipinski definition) is 0. The van der Waals surface area contributed by atoms with Crippen LogP contribution in [0.25, 0.3) is 0 Å². The minimum atomic E-state index is 0.467. The van der Waals surface area contributed by atoms with E-state index >= 15 is 0 Å². The molecule has 2 aliphatic carbocycles. The Kier molecular flexibility index (Phi) is 2.69. The quantitative estimate of drug-likeness (QED) is 0.779. The number of piperidine rings is 2. The van der Waals surface area contributed by atoms with Gasteiger partial charge in [0.15, 0.2) is 0 Å². The number of rotatable bonds is 4. The van der Waals surface area contributed by atoms with Crippen LogP contribution in [0.15, 0.2) is 30.3 Å². The lowest BCUT2D eigenvalue weighted by molar-refractivity contribution is -1.05. The van der Waals surface area contributed by atoms with Crippen molar-refractivity contribution >= 4 is 5.78 Å². The van der Waals surface area contributed by atoms with Gasteiger partial charge >= 0.3 is 0 Å². The van der Waals surface area contributed by atoms with Gasteiger partial charge in [0.25, 0.3) is 0 Å². The van der Waals surface area contributed by atoms with Crippen molar-refractivity contribution in [1.29, 1.82) is 0 Å². The summed E-state index contributed by atoms with van der Waals surface area (Å²) in [7, 11) is 0. The van der Waals surface area contributed by atoms with Crippen molar-refractivity contribution < 1.29 is 9.28 Å². The number of hydrogen-bond acceptors (Lipinski definition) is 1. The molecule has 2 aliphatic heterocycles. The van der Waals surface area contributed by atoms with Crippen LogP contribution in [0.5, 0.6) is 0 Å². The summed E-state index contributed by atoms with van der Waals surface area (Å²) in [6.45, 7) is 2.89. The van der Waals surface area contributed by atoms with Gasteiger partial charge in [0.1, 0.15) is 17.9 Å². The van der Waals surface area contributed by atoms with E-state index in [-0.39, 0.29) is 0 Å². The first kappa shape index (κ1) is 13.3. The molecule has 2 spiro atoms. The fourth-order valence-corrected chi connectivity index (χ4v) is 6.84. The molecule has 116 valence electrons. The summed E-state index contributed by atoms with van der Waals surface area (Å²) in [5.41, 5.74) is 1.80. The first-order valence-corrected chi connectivity index (χ1v) is 9.18. The van der Waals surface area contributed by atoms with E-state index in [0.29, 0.717) is 17.6 Å². The van der Waals surface area contributed by atoms with E-state index in [0.717, 1.165) is 24.4 Å². The second kappa shape index (κ2) is 4.44. The van der Waals surface area contributed by atoms with Crippen LogP contribution in [0.3, 0.4) is 0 Å². The average molecular weight is 296 g/mol. The van der Waals surface area contributed by atoms with Gasteiger partial charge < -0.3 is 4.48 Å². The fraction of sp³-hybridized carbons (Fsp3) is 0.650. The SMILES string of the molecule is O=C(Cc1ccccc1)CC1CC2C13CCC3[N+]21CCCC1. The molecule has 4 unspecified atom stereocenters. The zero-order valence-corrected chi connectivity index (χ0v) is 13.3. The molecule has 0 bridgehead atoms. The average Bonchev–Trinajstić information content (AvgIpc) is 2.93. The van der Waals surface area contributed by atoms with Gasteiger partial charge in [-0.3, -0.25) is 4.79 Å². The zero-order chi connectivity index (χ0) is 14.8. The van der Waals surface area contributed by atoms with Crippen LogP contribution in [-0.4, -0.2) is 35.4 Å². The summed E-state index contributed by atoms with van der Waals surface area (Å²) in [6, 6.07) is 12.2. The molecular weight excluding hydrogens is 270 g/mol. The maximum Gasteiger partial charge on any atom is 0.137 e. The Balaban J connectivity index is 1.25. The maximum absolute atomic E-state index is 12.5. The molecule has 2 saturated heterocycles. The molecule has 4 aliphatic rings. The van der Waals surface area contributed by atoms with Crippen molar-refractivity contribution in [2.24, 2.45) is 11.3 Å². The van der Waals surface area contributed by atoms with Crippen molar-refractivity contribution in [2.45, 2.75) is 57.0 Å². The third-order valence-electron chi connectivity index (χ3n) is 7.72. The molecule has 4 fully saturated rings. The maximum atomic E-state index is 12.5. The standard InChI is InChI=1S/C20H26NO/c22-17(12-15-6-2-1-3-7-15)13-16-14-19-20(16)9-8-18(20)21(19)10-4-5-11-21/h1-3,6-7,16,18-19H,4-5,8-14H2/q+1. The van der Waals surface area contributed by atoms with Crippen molar-refractivity contribution in [2.75, 3.05) is 13.1 Å². The van der Waals surface area contributed by atoms with Crippen LogP contribution in [0, 0.1) is 11.3 Å². The van der Waals surface area contributed by atoms with Gasteiger partial charge in [-0.2, -0.15) is 0 Å². The summed E-state index contributed by atoms with van der Waals surface area (Å²) >= 11 is 0. The summed E-state index contributed by atoms with van der Waals surface area (Å²) in [6.07, 6.45) is 8.59. The Morgan fingerprint density at radius 1 is 1.14 bits per heavy atom. The van der Waals surface area contributed by atoms with Crippen LogP contribution < -0.4 is 0 Å². The predicted molar refractivity (Wildman–Crippen MR) is 86.3 cm³/mol. The van der Waals surface area contributed by atoms with Gasteiger partial charge in [0.05, 0.1) is 18.5 Å². The molecule has 0 amide bonds. The molecule has 5 rings (SSSR count). The number of ketones is 1. The Morgan fingerprint density at radius 2 is 1.91 bits per heavy atom. The van der Waals surface area contributed by atoms with E-state index in [2.05, 4.69) is 12.1 Å². The van der Waals surface area contributed by atoms with Crippen molar-refractivity contribution in [3.63, 3.8) is 0 Å². The lowest BCUT2D eigenvalue weighted by Crippen LogP contribution is -2.92. The number of fused-ring (bicyclic) bond motifs is 2. The molecule has 2 nitrogen and oxygen atoms in total. The number of nitrogens with zero attached hydrogens (tertiary/aromatic N) is 1. The third kappa shape index (κ3) is 1.47. The number of carbonyl (C=O) groups excluding carboxylic acids is 1. The smallest absolute Gasteiger partial charge is 0.137 e. The first-order chi connectivity index (χ1) is 10.8. The third-order valence-corrected chi connectivity index (χ3v) is 7.72. The summed E-state index contributed by atoms with van der Waals surface area (Å²) < 4.78 is 1.48. The Morgan fingerprint density at radius 3 is 2.55 bits per heavy atom. The Bertz CT molecular complexity index is 593. The number of Topliss-reactive ketones (excluding diaryl/α,β-unsaturated/α-hetero) is 1. The van der Waals surface area contributed by atoms with E-state index < -0.39 is 0 Å². The van der Waals surface area contributed by atoms with Crippen LogP contribution in [0.1, 0.15) is 44.1 Å². The van der Waals surface area contributed by atoms with Gasteiger partial charge in [0, 0.05) is 38.5 Å². The van der Waals surface area contributed by atoms with E-state index in [1.54, 1.807) is 0 Å². The fourth-order valence-electron chi connectivity index (χ4n) is 6.84.